The molecule has 0 aromatic heterocycles. The number of nitrogens with zero attached hydrogens (tertiary/aromatic N) is 1. The molecule has 1 atom stereocenters. The summed E-state index contributed by atoms with van der Waals surface area (Å²) in [4.78, 5) is 14.0. The molecule has 2 rings (SSSR count). The van der Waals surface area contributed by atoms with Crippen molar-refractivity contribution in [3.63, 3.8) is 0 Å². The van der Waals surface area contributed by atoms with E-state index in [2.05, 4.69) is 0 Å². The molecular formula is C10H18N2OS. The van der Waals surface area contributed by atoms with Crippen LogP contribution in [0.1, 0.15) is 19.3 Å². The van der Waals surface area contributed by atoms with Gasteiger partial charge >= 0.3 is 0 Å². The zero-order valence-corrected chi connectivity index (χ0v) is 9.48. The van der Waals surface area contributed by atoms with Crippen molar-refractivity contribution in [2.45, 2.75) is 25.3 Å². The van der Waals surface area contributed by atoms with Crippen molar-refractivity contribution in [2.75, 3.05) is 25.1 Å². The SMILES string of the molecule is CN(C(=O)C1(CN)CC1)C1CCSC1. The fourth-order valence-corrected chi connectivity index (χ4v) is 3.29. The molecule has 1 amide bonds. The van der Waals surface area contributed by atoms with Crippen molar-refractivity contribution >= 4 is 17.7 Å². The molecule has 0 aromatic carbocycles. The summed E-state index contributed by atoms with van der Waals surface area (Å²) in [6.07, 6.45) is 3.13. The fourth-order valence-electron chi connectivity index (χ4n) is 2.02. The Morgan fingerprint density at radius 2 is 2.36 bits per heavy atom. The molecule has 1 saturated heterocycles. The Hall–Kier alpha value is -0.220. The second-order valence-corrected chi connectivity index (χ2v) is 5.57. The normalized spacial score (nSPS) is 28.9. The van der Waals surface area contributed by atoms with E-state index in [1.165, 1.54) is 5.75 Å². The third kappa shape index (κ3) is 1.65. The van der Waals surface area contributed by atoms with E-state index >= 15 is 0 Å². The van der Waals surface area contributed by atoms with Crippen LogP contribution in [0.15, 0.2) is 0 Å². The molecule has 2 N–H and O–H groups in total. The van der Waals surface area contributed by atoms with Gasteiger partial charge in [0, 0.05) is 25.4 Å². The van der Waals surface area contributed by atoms with Gasteiger partial charge in [0.25, 0.3) is 0 Å². The Bertz CT molecular complexity index is 234. The zero-order chi connectivity index (χ0) is 10.2. The average Bonchev–Trinajstić information content (AvgIpc) is 2.82. The number of thioether (sulfide) groups is 1. The molecule has 2 aliphatic rings. The molecule has 1 heterocycles. The van der Waals surface area contributed by atoms with Gasteiger partial charge in [-0.25, -0.2) is 0 Å². The average molecular weight is 214 g/mol. The van der Waals surface area contributed by atoms with E-state index in [-0.39, 0.29) is 11.3 Å². The largest absolute Gasteiger partial charge is 0.341 e. The van der Waals surface area contributed by atoms with E-state index in [0.29, 0.717) is 12.6 Å². The summed E-state index contributed by atoms with van der Waals surface area (Å²) in [7, 11) is 1.94. The van der Waals surface area contributed by atoms with Crippen molar-refractivity contribution < 1.29 is 4.79 Å². The Morgan fingerprint density at radius 1 is 1.64 bits per heavy atom. The number of amides is 1. The number of carbonyl (C=O) groups is 1. The van der Waals surface area contributed by atoms with Gasteiger partial charge in [0.05, 0.1) is 5.41 Å². The number of hydrogen-bond donors (Lipinski definition) is 1. The zero-order valence-electron chi connectivity index (χ0n) is 8.66. The third-order valence-electron chi connectivity index (χ3n) is 3.47. The van der Waals surface area contributed by atoms with Crippen LogP contribution < -0.4 is 5.73 Å². The fraction of sp³-hybridized carbons (Fsp3) is 0.900. The predicted octanol–water partition coefficient (Wildman–Crippen LogP) is 0.689. The summed E-state index contributed by atoms with van der Waals surface area (Å²) in [5.74, 6) is 2.58. The minimum Gasteiger partial charge on any atom is -0.341 e. The summed E-state index contributed by atoms with van der Waals surface area (Å²) < 4.78 is 0. The second kappa shape index (κ2) is 3.74. The Labute approximate surface area is 89.4 Å². The molecule has 0 radical (unpaired) electrons. The summed E-state index contributed by atoms with van der Waals surface area (Å²) >= 11 is 1.94. The molecule has 0 aromatic rings. The topological polar surface area (TPSA) is 46.3 Å². The second-order valence-electron chi connectivity index (χ2n) is 4.42. The van der Waals surface area contributed by atoms with E-state index in [0.717, 1.165) is 25.0 Å². The Kier molecular flexibility index (Phi) is 2.75. The van der Waals surface area contributed by atoms with Crippen molar-refractivity contribution in [1.29, 1.82) is 0 Å². The first-order chi connectivity index (χ1) is 6.69. The minimum absolute atomic E-state index is 0.165. The van der Waals surface area contributed by atoms with Crippen molar-refractivity contribution in [3.05, 3.63) is 0 Å². The van der Waals surface area contributed by atoms with Gasteiger partial charge in [-0.1, -0.05) is 0 Å². The Morgan fingerprint density at radius 3 is 2.79 bits per heavy atom. The van der Waals surface area contributed by atoms with Crippen LogP contribution >= 0.6 is 11.8 Å². The predicted molar refractivity (Wildman–Crippen MR) is 59.2 cm³/mol. The maximum atomic E-state index is 12.1. The lowest BCUT2D eigenvalue weighted by Gasteiger charge is -2.27. The van der Waals surface area contributed by atoms with Crippen LogP contribution in [0.4, 0.5) is 0 Å². The van der Waals surface area contributed by atoms with E-state index in [1.807, 2.05) is 23.7 Å². The summed E-state index contributed by atoms with van der Waals surface area (Å²) in [5, 5.41) is 0. The highest BCUT2D eigenvalue weighted by molar-refractivity contribution is 7.99. The Balaban J connectivity index is 1.96. The van der Waals surface area contributed by atoms with Gasteiger partial charge in [-0.15, -0.1) is 0 Å². The highest BCUT2D eigenvalue weighted by Crippen LogP contribution is 2.46. The van der Waals surface area contributed by atoms with Crippen molar-refractivity contribution in [3.8, 4) is 0 Å². The molecule has 80 valence electrons. The van der Waals surface area contributed by atoms with Gasteiger partial charge in [0.15, 0.2) is 0 Å². The van der Waals surface area contributed by atoms with Crippen LogP contribution in [0.25, 0.3) is 0 Å². The van der Waals surface area contributed by atoms with Gasteiger partial charge in [0.2, 0.25) is 5.91 Å². The molecule has 14 heavy (non-hydrogen) atoms. The van der Waals surface area contributed by atoms with Crippen LogP contribution in [0.3, 0.4) is 0 Å². The molecule has 1 aliphatic heterocycles. The lowest BCUT2D eigenvalue weighted by atomic mass is 10.0. The van der Waals surface area contributed by atoms with Gasteiger partial charge < -0.3 is 10.6 Å². The molecule has 1 saturated carbocycles. The van der Waals surface area contributed by atoms with Crippen molar-refractivity contribution in [2.24, 2.45) is 11.1 Å². The van der Waals surface area contributed by atoms with Gasteiger partial charge in [-0.05, 0) is 25.0 Å². The van der Waals surface area contributed by atoms with Gasteiger partial charge in [0.1, 0.15) is 0 Å². The van der Waals surface area contributed by atoms with Crippen LogP contribution in [0.2, 0.25) is 0 Å². The van der Waals surface area contributed by atoms with Crippen LogP contribution in [-0.2, 0) is 4.79 Å². The first-order valence-corrected chi connectivity index (χ1v) is 6.40. The van der Waals surface area contributed by atoms with E-state index in [9.17, 15) is 4.79 Å². The van der Waals surface area contributed by atoms with E-state index in [1.54, 1.807) is 0 Å². The highest BCUT2D eigenvalue weighted by atomic mass is 32.2. The van der Waals surface area contributed by atoms with Crippen LogP contribution in [0.5, 0.6) is 0 Å². The third-order valence-corrected chi connectivity index (χ3v) is 4.62. The molecule has 2 fully saturated rings. The molecular weight excluding hydrogens is 196 g/mol. The number of rotatable bonds is 3. The molecule has 4 heteroatoms. The highest BCUT2D eigenvalue weighted by Gasteiger charge is 2.50. The maximum Gasteiger partial charge on any atom is 0.230 e. The number of hydrogen-bond acceptors (Lipinski definition) is 3. The molecule has 1 unspecified atom stereocenters. The smallest absolute Gasteiger partial charge is 0.230 e. The standard InChI is InChI=1S/C10H18N2OS/c1-12(8-2-5-14-6-8)9(13)10(7-11)3-4-10/h8H,2-7,11H2,1H3. The quantitative estimate of drug-likeness (QED) is 0.752. The summed E-state index contributed by atoms with van der Waals surface area (Å²) in [5.41, 5.74) is 5.49. The van der Waals surface area contributed by atoms with Gasteiger partial charge in [-0.3, -0.25) is 4.79 Å². The maximum absolute atomic E-state index is 12.1. The summed E-state index contributed by atoms with van der Waals surface area (Å²) in [6, 6.07) is 0.455. The monoisotopic (exact) mass is 214 g/mol. The number of carbonyl (C=O) groups excluding carboxylic acids is 1. The number of nitrogens with two attached hydrogens (primary N) is 1. The lowest BCUT2D eigenvalue weighted by Crippen LogP contribution is -2.43. The van der Waals surface area contributed by atoms with E-state index < -0.39 is 0 Å². The molecule has 0 spiro atoms. The molecule has 3 nitrogen and oxygen atoms in total. The first kappa shape index (κ1) is 10.3. The molecule has 1 aliphatic carbocycles. The van der Waals surface area contributed by atoms with Crippen LogP contribution in [-0.4, -0.2) is 41.9 Å². The van der Waals surface area contributed by atoms with Crippen molar-refractivity contribution in [1.82, 2.24) is 4.90 Å². The first-order valence-electron chi connectivity index (χ1n) is 5.25. The summed E-state index contributed by atoms with van der Waals surface area (Å²) in [6.45, 7) is 0.524. The van der Waals surface area contributed by atoms with E-state index in [4.69, 9.17) is 5.73 Å². The lowest BCUT2D eigenvalue weighted by molar-refractivity contribution is -0.137. The van der Waals surface area contributed by atoms with Crippen LogP contribution in [0, 0.1) is 5.41 Å². The molecule has 0 bridgehead atoms. The minimum atomic E-state index is -0.165. The van der Waals surface area contributed by atoms with Gasteiger partial charge in [-0.2, -0.15) is 11.8 Å².